The van der Waals surface area contributed by atoms with Gasteiger partial charge in [0.25, 0.3) is 5.91 Å². The number of likely N-dealkylation sites (N-methyl/N-ethyl adjacent to an activating group) is 1. The Balaban J connectivity index is 1.34. The van der Waals surface area contributed by atoms with Crippen LogP contribution >= 0.6 is 0 Å². The normalized spacial score (nSPS) is 23.7. The largest absolute Gasteiger partial charge is 0.387 e. The van der Waals surface area contributed by atoms with Crippen LogP contribution in [0.5, 0.6) is 0 Å². The summed E-state index contributed by atoms with van der Waals surface area (Å²) in [5.41, 5.74) is 2.91. The number of anilines is 2. The SMILES string of the molecule is [2H]CCNC(=O)[C@H]1OC(n2cnc3c(NCC(c4ccccc4)c4ccccc4)nc(NC4CNC(=O)C4)nc32)[C@H](O)[C@@H]1O. The van der Waals surface area contributed by atoms with Crippen molar-refractivity contribution in [2.75, 3.05) is 30.3 Å². The van der Waals surface area contributed by atoms with Gasteiger partial charge in [-0.25, -0.2) is 4.98 Å². The Labute approximate surface area is 249 Å². The van der Waals surface area contributed by atoms with Crippen molar-refractivity contribution in [3.8, 4) is 0 Å². The summed E-state index contributed by atoms with van der Waals surface area (Å²) in [5, 5.41) is 33.5. The van der Waals surface area contributed by atoms with E-state index in [1.165, 1.54) is 10.9 Å². The van der Waals surface area contributed by atoms with Crippen LogP contribution in [0.3, 0.4) is 0 Å². The number of nitrogens with one attached hydrogen (secondary N) is 4. The second-order valence-corrected chi connectivity index (χ2v) is 10.5. The third-order valence-electron chi connectivity index (χ3n) is 7.68. The van der Waals surface area contributed by atoms with Crippen LogP contribution in [0.15, 0.2) is 67.0 Å². The van der Waals surface area contributed by atoms with E-state index in [0.29, 0.717) is 30.1 Å². The average Bonchev–Trinajstić information content (AvgIpc) is 3.74. The number of ether oxygens (including phenoxy) is 1. The Bertz CT molecular complexity index is 1570. The average molecular weight is 588 g/mol. The smallest absolute Gasteiger partial charge is 0.252 e. The van der Waals surface area contributed by atoms with Crippen LogP contribution in [-0.2, 0) is 14.3 Å². The van der Waals surface area contributed by atoms with Crippen molar-refractivity contribution in [1.29, 1.82) is 0 Å². The zero-order chi connectivity index (χ0) is 30.6. The summed E-state index contributed by atoms with van der Waals surface area (Å²) in [6, 6.07) is 20.0. The molecule has 0 saturated carbocycles. The fraction of sp³-hybridized carbons (Fsp3) is 0.367. The molecule has 224 valence electrons. The summed E-state index contributed by atoms with van der Waals surface area (Å²) in [6.07, 6.45) is -3.80. The molecule has 4 aromatic rings. The number of hydrogen-bond acceptors (Lipinski definition) is 10. The van der Waals surface area contributed by atoms with Crippen LogP contribution in [0.25, 0.3) is 11.2 Å². The third kappa shape index (κ3) is 5.87. The van der Waals surface area contributed by atoms with Gasteiger partial charge in [-0.1, -0.05) is 60.7 Å². The lowest BCUT2D eigenvalue weighted by molar-refractivity contribution is -0.137. The highest BCUT2D eigenvalue weighted by atomic mass is 16.6. The maximum atomic E-state index is 12.6. The first kappa shape index (κ1) is 27.3. The quantitative estimate of drug-likeness (QED) is 0.158. The van der Waals surface area contributed by atoms with Crippen LogP contribution in [0.4, 0.5) is 11.8 Å². The van der Waals surface area contributed by atoms with E-state index in [1.807, 2.05) is 36.4 Å². The van der Waals surface area contributed by atoms with Crippen molar-refractivity contribution in [1.82, 2.24) is 30.2 Å². The summed E-state index contributed by atoms with van der Waals surface area (Å²) in [7, 11) is 0. The molecule has 43 heavy (non-hydrogen) atoms. The minimum Gasteiger partial charge on any atom is -0.387 e. The number of aromatic nitrogens is 4. The molecular formula is C30H34N8O5. The molecule has 2 fully saturated rings. The standard InChI is InChI=1S/C30H34N8O5/c1-2-31-28(42)25-23(40)24(41)29(43-25)38-16-34-22-26(36-30(37-27(22)38)35-19-13-21(39)32-14-19)33-15-20(17-9-5-3-6-10-17)18-11-7-4-8-12-18/h3-12,16,19-20,23-25,29,40-41H,2,13-15H2,1H3,(H,31,42)(H,32,39)(H2,33,35,36,37)/t19?,23-,24+,25-,29?/m0/s1/i1D. The number of aliphatic hydroxyl groups excluding tert-OH is 2. The first-order valence-electron chi connectivity index (χ1n) is 14.8. The fourth-order valence-corrected chi connectivity index (χ4v) is 5.51. The number of hydrogen-bond donors (Lipinski definition) is 6. The molecule has 4 heterocycles. The van der Waals surface area contributed by atoms with E-state index < -0.39 is 30.4 Å². The molecule has 6 N–H and O–H groups in total. The van der Waals surface area contributed by atoms with Crippen molar-refractivity contribution in [2.24, 2.45) is 0 Å². The molecule has 2 aliphatic rings. The molecule has 0 spiro atoms. The predicted octanol–water partition coefficient (Wildman–Crippen LogP) is 1.13. The lowest BCUT2D eigenvalue weighted by Crippen LogP contribution is -2.42. The highest BCUT2D eigenvalue weighted by molar-refractivity contribution is 5.85. The van der Waals surface area contributed by atoms with Gasteiger partial charge >= 0.3 is 0 Å². The van der Waals surface area contributed by atoms with Gasteiger partial charge in [-0.2, -0.15) is 9.97 Å². The molecule has 2 aromatic heterocycles. The number of fused-ring (bicyclic) bond motifs is 1. The number of nitrogens with zero attached hydrogens (tertiary/aromatic N) is 4. The molecule has 13 nitrogen and oxygen atoms in total. The van der Waals surface area contributed by atoms with E-state index in [4.69, 9.17) is 11.1 Å². The lowest BCUT2D eigenvalue weighted by atomic mass is 9.91. The predicted molar refractivity (Wildman–Crippen MR) is 158 cm³/mol. The molecule has 0 bridgehead atoms. The maximum absolute atomic E-state index is 12.6. The number of amides is 2. The molecule has 0 aliphatic carbocycles. The van der Waals surface area contributed by atoms with Gasteiger partial charge in [0.05, 0.1) is 12.4 Å². The van der Waals surface area contributed by atoms with Crippen molar-refractivity contribution in [3.05, 3.63) is 78.1 Å². The van der Waals surface area contributed by atoms with Gasteiger partial charge in [0.1, 0.15) is 12.2 Å². The number of aliphatic hydroxyl groups is 2. The van der Waals surface area contributed by atoms with E-state index >= 15 is 0 Å². The Morgan fingerprint density at radius 2 is 1.84 bits per heavy atom. The first-order chi connectivity index (χ1) is 21.4. The van der Waals surface area contributed by atoms with E-state index in [-0.39, 0.29) is 43.7 Å². The van der Waals surface area contributed by atoms with Crippen molar-refractivity contribution in [2.45, 2.75) is 49.8 Å². The van der Waals surface area contributed by atoms with E-state index in [9.17, 15) is 19.8 Å². The Morgan fingerprint density at radius 3 is 2.49 bits per heavy atom. The van der Waals surface area contributed by atoms with Gasteiger partial charge in [0, 0.05) is 33.3 Å². The Kier molecular flexibility index (Phi) is 7.82. The minimum atomic E-state index is -1.51. The van der Waals surface area contributed by atoms with Crippen molar-refractivity contribution in [3.63, 3.8) is 0 Å². The highest BCUT2D eigenvalue weighted by Crippen LogP contribution is 2.34. The second-order valence-electron chi connectivity index (χ2n) is 10.5. The highest BCUT2D eigenvalue weighted by Gasteiger charge is 2.47. The fourth-order valence-electron chi connectivity index (χ4n) is 5.51. The van der Waals surface area contributed by atoms with Gasteiger partial charge in [-0.3, -0.25) is 14.2 Å². The van der Waals surface area contributed by atoms with Crippen LogP contribution < -0.4 is 21.3 Å². The molecule has 0 radical (unpaired) electrons. The molecular weight excluding hydrogens is 552 g/mol. The zero-order valence-corrected chi connectivity index (χ0v) is 23.3. The van der Waals surface area contributed by atoms with E-state index in [0.717, 1.165) is 11.1 Å². The van der Waals surface area contributed by atoms with E-state index in [2.05, 4.69) is 55.5 Å². The molecule has 2 aliphatic heterocycles. The van der Waals surface area contributed by atoms with Crippen LogP contribution in [0, 0.1) is 0 Å². The van der Waals surface area contributed by atoms with Crippen molar-refractivity contribution < 1.29 is 25.9 Å². The van der Waals surface area contributed by atoms with Gasteiger partial charge in [0.15, 0.2) is 29.3 Å². The summed E-state index contributed by atoms with van der Waals surface area (Å²) < 4.78 is 14.6. The van der Waals surface area contributed by atoms with Gasteiger partial charge in [0.2, 0.25) is 11.9 Å². The second kappa shape index (κ2) is 12.3. The van der Waals surface area contributed by atoms with E-state index in [1.54, 1.807) is 0 Å². The molecule has 6 rings (SSSR count). The summed E-state index contributed by atoms with van der Waals surface area (Å²) in [4.78, 5) is 38.3. The van der Waals surface area contributed by atoms with Crippen LogP contribution in [0.1, 0.15) is 38.0 Å². The number of rotatable bonds is 10. The molecule has 2 unspecified atom stereocenters. The summed E-state index contributed by atoms with van der Waals surface area (Å²) in [6.45, 7) is 0.934. The minimum absolute atomic E-state index is 0.0179. The Morgan fingerprint density at radius 1 is 1.12 bits per heavy atom. The lowest BCUT2D eigenvalue weighted by Gasteiger charge is -2.20. The number of carbonyl (C=O) groups excluding carboxylic acids is 2. The summed E-state index contributed by atoms with van der Waals surface area (Å²) >= 11 is 0. The monoisotopic (exact) mass is 587 g/mol. The van der Waals surface area contributed by atoms with Crippen LogP contribution in [0.2, 0.25) is 0 Å². The van der Waals surface area contributed by atoms with Gasteiger partial charge in [-0.15, -0.1) is 0 Å². The summed E-state index contributed by atoms with van der Waals surface area (Å²) in [5.74, 6) is -0.0658. The van der Waals surface area contributed by atoms with Gasteiger partial charge in [-0.05, 0) is 18.0 Å². The maximum Gasteiger partial charge on any atom is 0.252 e. The number of benzene rings is 2. The number of carbonyl (C=O) groups is 2. The topological polar surface area (TPSA) is 176 Å². The zero-order valence-electron chi connectivity index (χ0n) is 24.3. The molecule has 5 atom stereocenters. The third-order valence-corrected chi connectivity index (χ3v) is 7.68. The Hall–Kier alpha value is -4.59. The first-order valence-corrected chi connectivity index (χ1v) is 14.1. The molecule has 2 saturated heterocycles. The molecule has 13 heteroatoms. The van der Waals surface area contributed by atoms with Crippen molar-refractivity contribution >= 4 is 34.7 Å². The van der Waals surface area contributed by atoms with Gasteiger partial charge < -0.3 is 36.2 Å². The molecule has 2 aromatic carbocycles. The molecule has 2 amide bonds. The van der Waals surface area contributed by atoms with Crippen LogP contribution in [-0.4, -0.2) is 85.5 Å². The number of imidazole rings is 1.